The lowest BCUT2D eigenvalue weighted by molar-refractivity contribution is -0.138. The predicted octanol–water partition coefficient (Wildman–Crippen LogP) is 5.88. The largest absolute Gasteiger partial charge is 0.418 e. The molecule has 3 aromatic rings. The van der Waals surface area contributed by atoms with Gasteiger partial charge in [-0.05, 0) is 79.5 Å². The van der Waals surface area contributed by atoms with E-state index in [1.54, 1.807) is 18.6 Å². The zero-order valence-electron chi connectivity index (χ0n) is 22.4. The average molecular weight is 538 g/mol. The molecule has 1 saturated heterocycles. The van der Waals surface area contributed by atoms with Crippen molar-refractivity contribution >= 4 is 5.69 Å². The Hall–Kier alpha value is -3.45. The lowest BCUT2D eigenvalue weighted by Gasteiger charge is -2.33. The van der Waals surface area contributed by atoms with E-state index in [9.17, 15) is 18.4 Å². The summed E-state index contributed by atoms with van der Waals surface area (Å²) in [5.41, 5.74) is 1.72. The first kappa shape index (κ1) is 27.1. The number of aromatic nitrogens is 4. The molecule has 206 valence electrons. The molecule has 2 aromatic heterocycles. The minimum absolute atomic E-state index is 0.0410. The highest BCUT2D eigenvalue weighted by Gasteiger charge is 2.35. The number of hydrogen-bond acceptors (Lipinski definition) is 6. The van der Waals surface area contributed by atoms with Crippen LogP contribution in [-0.2, 0) is 26.3 Å². The van der Waals surface area contributed by atoms with Crippen molar-refractivity contribution in [1.29, 1.82) is 5.26 Å². The van der Waals surface area contributed by atoms with Gasteiger partial charge in [0.2, 0.25) is 0 Å². The molecule has 0 amide bonds. The number of piperidine rings is 1. The van der Waals surface area contributed by atoms with Gasteiger partial charge in [0, 0.05) is 37.9 Å². The highest BCUT2D eigenvalue weighted by molar-refractivity contribution is 5.54. The van der Waals surface area contributed by atoms with Gasteiger partial charge in [0.1, 0.15) is 12.2 Å². The normalized spacial score (nSPS) is 19.3. The van der Waals surface area contributed by atoms with Gasteiger partial charge in [-0.3, -0.25) is 9.88 Å². The molecule has 0 bridgehead atoms. The zero-order valence-corrected chi connectivity index (χ0v) is 22.4. The summed E-state index contributed by atoms with van der Waals surface area (Å²) >= 11 is 0. The number of nitrogens with zero attached hydrogens (tertiary/aromatic N) is 6. The van der Waals surface area contributed by atoms with Gasteiger partial charge in [0.05, 0.1) is 29.4 Å². The Morgan fingerprint density at radius 1 is 1.15 bits per heavy atom. The molecule has 0 radical (unpaired) electrons. The van der Waals surface area contributed by atoms with Gasteiger partial charge >= 0.3 is 6.18 Å². The third-order valence-electron chi connectivity index (χ3n) is 8.03. The monoisotopic (exact) mass is 537 g/mol. The molecule has 1 unspecified atom stereocenters. The number of anilines is 1. The first-order chi connectivity index (χ1) is 18.7. The molecule has 7 nitrogen and oxygen atoms in total. The van der Waals surface area contributed by atoms with E-state index >= 15 is 0 Å². The van der Waals surface area contributed by atoms with Crippen LogP contribution in [0, 0.1) is 23.2 Å². The number of rotatable bonds is 8. The number of aryl methyl sites for hydroxylation is 1. The molecular weight excluding hydrogens is 503 g/mol. The smallest absolute Gasteiger partial charge is 0.379 e. The zero-order chi connectivity index (χ0) is 27.6. The molecular formula is C29H34F3N7. The molecule has 1 aromatic carbocycles. The van der Waals surface area contributed by atoms with Crippen LogP contribution < -0.4 is 5.32 Å². The average Bonchev–Trinajstić information content (AvgIpc) is 3.29. The van der Waals surface area contributed by atoms with E-state index in [2.05, 4.69) is 38.4 Å². The summed E-state index contributed by atoms with van der Waals surface area (Å²) in [5, 5.41) is 21.2. The van der Waals surface area contributed by atoms with Gasteiger partial charge in [-0.1, -0.05) is 13.3 Å². The molecule has 5 rings (SSSR count). The number of hydrogen-bond donors (Lipinski definition) is 1. The molecule has 0 spiro atoms. The van der Waals surface area contributed by atoms with Crippen LogP contribution in [0.1, 0.15) is 78.7 Å². The summed E-state index contributed by atoms with van der Waals surface area (Å²) in [4.78, 5) is 6.45. The third kappa shape index (κ3) is 6.25. The Balaban J connectivity index is 1.39. The number of pyridine rings is 1. The van der Waals surface area contributed by atoms with Crippen LogP contribution in [0.25, 0.3) is 0 Å². The summed E-state index contributed by atoms with van der Waals surface area (Å²) in [6.45, 7) is 4.31. The van der Waals surface area contributed by atoms with Gasteiger partial charge in [-0.25, -0.2) is 0 Å². The second-order valence-electron chi connectivity index (χ2n) is 11.1. The standard InChI is InChI=1S/C29H34F3N7/c1-19-5-4-8-39(16-19)17-21-11-25(29(30,31)32)26(35-14-21)15-34-24-10-20(13-33)9-23(12-24)27(22-6-3-7-22)28-37-36-18-38(28)2/h9-12,14,18-19,22,27,34H,3-8,15-17H2,1-2H3/t19-,27?/m0/s1. The Morgan fingerprint density at radius 3 is 2.62 bits per heavy atom. The van der Waals surface area contributed by atoms with Crippen LogP contribution >= 0.6 is 0 Å². The maximum absolute atomic E-state index is 14.1. The van der Waals surface area contributed by atoms with Crippen molar-refractivity contribution in [3.8, 4) is 6.07 Å². The van der Waals surface area contributed by atoms with Crippen LogP contribution in [0.4, 0.5) is 18.9 Å². The Bertz CT molecular complexity index is 1340. The Labute approximate surface area is 227 Å². The van der Waals surface area contributed by atoms with Gasteiger partial charge in [0.25, 0.3) is 0 Å². The van der Waals surface area contributed by atoms with E-state index in [-0.39, 0.29) is 18.2 Å². The topological polar surface area (TPSA) is 82.7 Å². The molecule has 2 aliphatic rings. The van der Waals surface area contributed by atoms with Gasteiger partial charge in [-0.2, -0.15) is 18.4 Å². The van der Waals surface area contributed by atoms with Crippen molar-refractivity contribution < 1.29 is 13.2 Å². The number of likely N-dealkylation sites (tertiary alicyclic amines) is 1. The predicted molar refractivity (Wildman–Crippen MR) is 142 cm³/mol. The van der Waals surface area contributed by atoms with Crippen LogP contribution in [0.2, 0.25) is 0 Å². The van der Waals surface area contributed by atoms with E-state index in [0.717, 1.165) is 56.6 Å². The van der Waals surface area contributed by atoms with Crippen molar-refractivity contribution in [2.75, 3.05) is 18.4 Å². The minimum Gasteiger partial charge on any atom is -0.379 e. The maximum Gasteiger partial charge on any atom is 0.418 e. The number of nitriles is 1. The van der Waals surface area contributed by atoms with Crippen molar-refractivity contribution in [1.82, 2.24) is 24.6 Å². The summed E-state index contributed by atoms with van der Waals surface area (Å²) in [6.07, 6.45) is 4.16. The lowest BCUT2D eigenvalue weighted by atomic mass is 9.72. The molecule has 3 heterocycles. The number of benzene rings is 1. The van der Waals surface area contributed by atoms with E-state index in [1.807, 2.05) is 23.7 Å². The van der Waals surface area contributed by atoms with Crippen molar-refractivity contribution in [2.24, 2.45) is 18.9 Å². The third-order valence-corrected chi connectivity index (χ3v) is 8.03. The first-order valence-electron chi connectivity index (χ1n) is 13.6. The van der Waals surface area contributed by atoms with Crippen LogP contribution in [-0.4, -0.2) is 37.7 Å². The number of nitrogens with one attached hydrogen (secondary N) is 1. The number of alkyl halides is 3. The molecule has 1 N–H and O–H groups in total. The second-order valence-corrected chi connectivity index (χ2v) is 11.1. The fourth-order valence-electron chi connectivity index (χ4n) is 5.86. The van der Waals surface area contributed by atoms with E-state index in [1.165, 1.54) is 6.07 Å². The molecule has 1 aliphatic heterocycles. The fourth-order valence-corrected chi connectivity index (χ4v) is 5.86. The molecule has 1 aliphatic carbocycles. The van der Waals surface area contributed by atoms with Crippen molar-refractivity contribution in [3.05, 3.63) is 70.6 Å². The summed E-state index contributed by atoms with van der Waals surface area (Å²) < 4.78 is 44.1. The number of halogens is 3. The van der Waals surface area contributed by atoms with Crippen LogP contribution in [0.5, 0.6) is 0 Å². The van der Waals surface area contributed by atoms with Crippen molar-refractivity contribution in [2.45, 2.75) is 64.2 Å². The highest BCUT2D eigenvalue weighted by atomic mass is 19.4. The van der Waals surface area contributed by atoms with Gasteiger partial charge in [0.15, 0.2) is 0 Å². The molecule has 2 fully saturated rings. The van der Waals surface area contributed by atoms with Crippen LogP contribution in [0.15, 0.2) is 36.8 Å². The van der Waals surface area contributed by atoms with E-state index < -0.39 is 11.7 Å². The SMILES string of the molecule is C[C@H]1CCCN(Cc2cnc(CNc3cc(C#N)cc(C(c4nncn4C)C4CCC4)c3)c(C(F)(F)F)c2)C1. The molecule has 1 saturated carbocycles. The first-order valence-corrected chi connectivity index (χ1v) is 13.6. The Morgan fingerprint density at radius 2 is 1.97 bits per heavy atom. The van der Waals surface area contributed by atoms with Crippen LogP contribution in [0.3, 0.4) is 0 Å². The Kier molecular flexibility index (Phi) is 7.89. The van der Waals surface area contributed by atoms with Gasteiger partial charge in [-0.15, -0.1) is 10.2 Å². The molecule has 2 atom stereocenters. The van der Waals surface area contributed by atoms with E-state index in [4.69, 9.17) is 0 Å². The maximum atomic E-state index is 14.1. The molecule has 10 heteroatoms. The quantitative estimate of drug-likeness (QED) is 0.387. The highest BCUT2D eigenvalue weighted by Crippen LogP contribution is 2.43. The van der Waals surface area contributed by atoms with E-state index in [0.29, 0.717) is 35.2 Å². The molecule has 39 heavy (non-hydrogen) atoms. The lowest BCUT2D eigenvalue weighted by Crippen LogP contribution is -2.33. The summed E-state index contributed by atoms with van der Waals surface area (Å²) in [7, 11) is 1.90. The second kappa shape index (κ2) is 11.3. The van der Waals surface area contributed by atoms with Gasteiger partial charge < -0.3 is 9.88 Å². The fraction of sp³-hybridized carbons (Fsp3) is 0.517. The summed E-state index contributed by atoms with van der Waals surface area (Å²) in [6, 6.07) is 8.86. The van der Waals surface area contributed by atoms with Crippen molar-refractivity contribution in [3.63, 3.8) is 0 Å². The minimum atomic E-state index is -4.52. The summed E-state index contributed by atoms with van der Waals surface area (Å²) in [5.74, 6) is 1.70.